The summed E-state index contributed by atoms with van der Waals surface area (Å²) in [7, 11) is 3.24. The monoisotopic (exact) mass is 490 g/mol. The average Bonchev–Trinajstić information content (AvgIpc) is 2.86. The molecule has 0 aromatic heterocycles. The second-order valence-corrected chi connectivity index (χ2v) is 9.82. The first-order chi connectivity index (χ1) is 16.7. The van der Waals surface area contributed by atoms with Crippen LogP contribution in [0.15, 0.2) is 66.7 Å². The number of thiocarbonyl (C=S) groups is 1. The summed E-state index contributed by atoms with van der Waals surface area (Å²) in [6.45, 7) is 8.56. The SMILES string of the molecule is CC[C@@H](NC(=S)Nc1cccc(C(=O)c2ccc(C(C)(C)C)cc2)c1)c1ccc(OC)c(OC)c1. The summed E-state index contributed by atoms with van der Waals surface area (Å²) in [5.74, 6) is 1.33. The Labute approximate surface area is 213 Å². The third-order valence-electron chi connectivity index (χ3n) is 5.92. The van der Waals surface area contributed by atoms with Gasteiger partial charge in [0.1, 0.15) is 0 Å². The summed E-state index contributed by atoms with van der Waals surface area (Å²) >= 11 is 5.58. The number of ether oxygens (including phenoxy) is 2. The number of ketones is 1. The lowest BCUT2D eigenvalue weighted by molar-refractivity contribution is 0.103. The first-order valence-corrected chi connectivity index (χ1v) is 12.1. The van der Waals surface area contributed by atoms with E-state index in [2.05, 4.69) is 38.3 Å². The first-order valence-electron chi connectivity index (χ1n) is 11.7. The third kappa shape index (κ3) is 6.61. The quantitative estimate of drug-likeness (QED) is 0.272. The number of hydrogen-bond donors (Lipinski definition) is 2. The number of carbonyl (C=O) groups excluding carboxylic acids is 1. The van der Waals surface area contributed by atoms with E-state index in [1.807, 2.05) is 66.7 Å². The van der Waals surface area contributed by atoms with E-state index in [0.29, 0.717) is 27.7 Å². The van der Waals surface area contributed by atoms with Gasteiger partial charge in [-0.3, -0.25) is 4.79 Å². The van der Waals surface area contributed by atoms with E-state index in [0.717, 1.165) is 17.7 Å². The second kappa shape index (κ2) is 11.4. The molecule has 0 heterocycles. The maximum absolute atomic E-state index is 13.1. The van der Waals surface area contributed by atoms with E-state index in [1.54, 1.807) is 14.2 Å². The van der Waals surface area contributed by atoms with E-state index >= 15 is 0 Å². The van der Waals surface area contributed by atoms with Gasteiger partial charge in [-0.2, -0.15) is 0 Å². The lowest BCUT2D eigenvalue weighted by atomic mass is 9.86. The summed E-state index contributed by atoms with van der Waals surface area (Å²) in [5, 5.41) is 7.05. The van der Waals surface area contributed by atoms with Gasteiger partial charge in [-0.1, -0.05) is 70.2 Å². The fourth-order valence-corrected chi connectivity index (χ4v) is 4.10. The van der Waals surface area contributed by atoms with Gasteiger partial charge in [0, 0.05) is 16.8 Å². The van der Waals surface area contributed by atoms with Gasteiger partial charge in [-0.25, -0.2) is 0 Å². The Balaban J connectivity index is 1.71. The normalized spacial score (nSPS) is 11.9. The Morgan fingerprint density at radius 1 is 0.914 bits per heavy atom. The standard InChI is InChI=1S/C29H34N2O3S/c1-7-24(20-13-16-25(33-5)26(18-20)34-6)31-28(35)30-23-10-8-9-21(17-23)27(32)19-11-14-22(15-12-19)29(2,3)4/h8-18,24H,7H2,1-6H3,(H2,30,31,35)/t24-/m1/s1. The average molecular weight is 491 g/mol. The molecule has 0 aliphatic rings. The van der Waals surface area contributed by atoms with Crippen molar-refractivity contribution in [3.63, 3.8) is 0 Å². The summed E-state index contributed by atoms with van der Waals surface area (Å²) in [6.07, 6.45) is 0.820. The number of carbonyl (C=O) groups is 1. The number of rotatable bonds is 8. The predicted octanol–water partition coefficient (Wildman–Crippen LogP) is 6.67. The maximum Gasteiger partial charge on any atom is 0.193 e. The van der Waals surface area contributed by atoms with Crippen LogP contribution in [0.4, 0.5) is 5.69 Å². The zero-order chi connectivity index (χ0) is 25.6. The zero-order valence-corrected chi connectivity index (χ0v) is 22.1. The molecule has 0 saturated carbocycles. The Morgan fingerprint density at radius 3 is 2.20 bits per heavy atom. The highest BCUT2D eigenvalue weighted by molar-refractivity contribution is 7.80. The molecule has 3 aromatic rings. The molecule has 35 heavy (non-hydrogen) atoms. The summed E-state index contributed by atoms with van der Waals surface area (Å²) < 4.78 is 10.8. The van der Waals surface area contributed by atoms with Gasteiger partial charge in [0.15, 0.2) is 22.4 Å². The Kier molecular flexibility index (Phi) is 8.52. The lowest BCUT2D eigenvalue weighted by Gasteiger charge is -2.21. The van der Waals surface area contributed by atoms with Crippen molar-refractivity contribution >= 4 is 28.8 Å². The van der Waals surface area contributed by atoms with Crippen molar-refractivity contribution in [1.29, 1.82) is 0 Å². The number of hydrogen-bond acceptors (Lipinski definition) is 4. The van der Waals surface area contributed by atoms with Gasteiger partial charge in [0.25, 0.3) is 0 Å². The van der Waals surface area contributed by atoms with Crippen LogP contribution in [0.25, 0.3) is 0 Å². The van der Waals surface area contributed by atoms with E-state index in [9.17, 15) is 4.79 Å². The van der Waals surface area contributed by atoms with Crippen LogP contribution in [0.3, 0.4) is 0 Å². The molecule has 0 amide bonds. The molecule has 6 heteroatoms. The minimum absolute atomic E-state index is 0.0130. The van der Waals surface area contributed by atoms with Crippen molar-refractivity contribution in [3.8, 4) is 11.5 Å². The molecule has 3 rings (SSSR count). The van der Waals surface area contributed by atoms with E-state index < -0.39 is 0 Å². The molecular weight excluding hydrogens is 456 g/mol. The van der Waals surface area contributed by atoms with E-state index in [-0.39, 0.29) is 17.2 Å². The van der Waals surface area contributed by atoms with Crippen LogP contribution >= 0.6 is 12.2 Å². The topological polar surface area (TPSA) is 59.6 Å². The maximum atomic E-state index is 13.1. The highest BCUT2D eigenvalue weighted by Crippen LogP contribution is 2.31. The number of nitrogens with one attached hydrogen (secondary N) is 2. The van der Waals surface area contributed by atoms with Gasteiger partial charge in [-0.05, 0) is 59.4 Å². The Bertz CT molecular complexity index is 1180. The summed E-state index contributed by atoms with van der Waals surface area (Å²) in [4.78, 5) is 13.1. The largest absolute Gasteiger partial charge is 0.493 e. The fraction of sp³-hybridized carbons (Fsp3) is 0.310. The van der Waals surface area contributed by atoms with Crippen molar-refractivity contribution in [1.82, 2.24) is 5.32 Å². The van der Waals surface area contributed by atoms with Crippen LogP contribution < -0.4 is 20.1 Å². The number of benzene rings is 3. The van der Waals surface area contributed by atoms with Crippen molar-refractivity contribution < 1.29 is 14.3 Å². The molecule has 184 valence electrons. The Morgan fingerprint density at radius 2 is 1.60 bits per heavy atom. The molecule has 0 radical (unpaired) electrons. The first kappa shape index (κ1) is 26.2. The van der Waals surface area contributed by atoms with Crippen molar-refractivity contribution in [2.45, 2.75) is 45.6 Å². The smallest absolute Gasteiger partial charge is 0.193 e. The molecule has 2 N–H and O–H groups in total. The van der Waals surface area contributed by atoms with Gasteiger partial charge in [-0.15, -0.1) is 0 Å². The molecule has 0 spiro atoms. The lowest BCUT2D eigenvalue weighted by Crippen LogP contribution is -2.32. The molecule has 0 bridgehead atoms. The summed E-state index contributed by atoms with van der Waals surface area (Å²) in [5.41, 5.74) is 4.30. The second-order valence-electron chi connectivity index (χ2n) is 9.41. The highest BCUT2D eigenvalue weighted by atomic mass is 32.1. The van der Waals surface area contributed by atoms with Crippen LogP contribution in [-0.4, -0.2) is 25.1 Å². The minimum atomic E-state index is -0.0234. The van der Waals surface area contributed by atoms with Gasteiger partial charge in [0.05, 0.1) is 20.3 Å². The molecular formula is C29H34N2O3S. The van der Waals surface area contributed by atoms with Gasteiger partial charge < -0.3 is 20.1 Å². The number of anilines is 1. The molecule has 3 aromatic carbocycles. The molecule has 0 aliphatic carbocycles. The number of methoxy groups -OCH3 is 2. The fourth-order valence-electron chi connectivity index (χ4n) is 3.84. The molecule has 0 aliphatic heterocycles. The van der Waals surface area contributed by atoms with Crippen molar-refractivity contribution in [3.05, 3.63) is 89.0 Å². The third-order valence-corrected chi connectivity index (χ3v) is 6.14. The van der Waals surface area contributed by atoms with Gasteiger partial charge >= 0.3 is 0 Å². The molecule has 0 fully saturated rings. The van der Waals surface area contributed by atoms with Gasteiger partial charge in [0.2, 0.25) is 0 Å². The minimum Gasteiger partial charge on any atom is -0.493 e. The van der Waals surface area contributed by atoms with Crippen molar-refractivity contribution in [2.75, 3.05) is 19.5 Å². The molecule has 5 nitrogen and oxygen atoms in total. The van der Waals surface area contributed by atoms with Crippen LogP contribution in [0.1, 0.15) is 67.2 Å². The van der Waals surface area contributed by atoms with Crippen LogP contribution in [0.2, 0.25) is 0 Å². The van der Waals surface area contributed by atoms with Crippen LogP contribution in [0.5, 0.6) is 11.5 Å². The summed E-state index contributed by atoms with van der Waals surface area (Å²) in [6, 6.07) is 21.0. The molecule has 0 saturated heterocycles. The molecule has 1 atom stereocenters. The van der Waals surface area contributed by atoms with Crippen LogP contribution in [0, 0.1) is 0 Å². The Hall–Kier alpha value is -3.38. The highest BCUT2D eigenvalue weighted by Gasteiger charge is 2.17. The van der Waals surface area contributed by atoms with E-state index in [1.165, 1.54) is 5.56 Å². The molecule has 0 unspecified atom stereocenters. The van der Waals surface area contributed by atoms with Crippen molar-refractivity contribution in [2.24, 2.45) is 0 Å². The predicted molar refractivity (Wildman–Crippen MR) is 147 cm³/mol. The zero-order valence-electron chi connectivity index (χ0n) is 21.3. The van der Waals surface area contributed by atoms with Crippen LogP contribution in [-0.2, 0) is 5.41 Å². The van der Waals surface area contributed by atoms with E-state index in [4.69, 9.17) is 21.7 Å².